The van der Waals surface area contributed by atoms with E-state index in [0.29, 0.717) is 11.0 Å². The molecular weight excluding hydrogens is 340 g/mol. The van der Waals surface area contributed by atoms with Gasteiger partial charge in [-0.1, -0.05) is 11.8 Å². The van der Waals surface area contributed by atoms with E-state index < -0.39 is 5.60 Å². The van der Waals surface area contributed by atoms with E-state index in [1.807, 2.05) is 24.8 Å². The van der Waals surface area contributed by atoms with Crippen molar-refractivity contribution in [1.82, 2.24) is 19.5 Å². The first-order valence-corrected chi connectivity index (χ1v) is 8.13. The van der Waals surface area contributed by atoms with Gasteiger partial charge in [-0.25, -0.2) is 4.98 Å². The molecule has 0 fully saturated rings. The average molecular weight is 357 g/mol. The maximum absolute atomic E-state index is 10.8. The Hall–Kier alpha value is -0.920. The largest absolute Gasteiger partial charge is 0.383 e. The maximum Gasteiger partial charge on any atom is 0.168 e. The van der Waals surface area contributed by atoms with E-state index in [9.17, 15) is 5.11 Å². The van der Waals surface area contributed by atoms with Gasteiger partial charge in [0.15, 0.2) is 5.16 Å². The Balaban J connectivity index is 2.35. The number of aryl methyl sites for hydroxylation is 1. The van der Waals surface area contributed by atoms with Gasteiger partial charge in [0.1, 0.15) is 10.2 Å². The van der Waals surface area contributed by atoms with Gasteiger partial charge < -0.3 is 9.67 Å². The van der Waals surface area contributed by atoms with Crippen LogP contribution in [-0.4, -0.2) is 30.9 Å². The van der Waals surface area contributed by atoms with Crippen LogP contribution in [0.4, 0.5) is 0 Å². The van der Waals surface area contributed by atoms with Crippen molar-refractivity contribution in [2.45, 2.75) is 31.0 Å². The maximum atomic E-state index is 10.8. The number of aromatic nitrogens is 4. The van der Waals surface area contributed by atoms with Crippen molar-refractivity contribution in [3.63, 3.8) is 0 Å². The molecule has 20 heavy (non-hydrogen) atoms. The third-order valence-electron chi connectivity index (χ3n) is 3.06. The van der Waals surface area contributed by atoms with E-state index in [2.05, 4.69) is 30.9 Å². The molecule has 0 aromatic carbocycles. The number of hydrogen-bond acceptors (Lipinski definition) is 5. The first kappa shape index (κ1) is 15.5. The zero-order valence-electron chi connectivity index (χ0n) is 11.9. The molecule has 0 bridgehead atoms. The van der Waals surface area contributed by atoms with Gasteiger partial charge in [-0.2, -0.15) is 0 Å². The fourth-order valence-corrected chi connectivity index (χ4v) is 3.69. The van der Waals surface area contributed by atoms with Crippen LogP contribution in [0.15, 0.2) is 22.2 Å². The summed E-state index contributed by atoms with van der Waals surface area (Å²) in [4.78, 5) is 12.9. The van der Waals surface area contributed by atoms with Crippen LogP contribution in [0, 0.1) is 6.92 Å². The second-order valence-corrected chi connectivity index (χ2v) is 6.42. The molecule has 7 heteroatoms. The standard InChI is InChI=1S/C13H17BrN4OS/c1-8-6-16-9(7-15-8)5-13(2,19)10-11(14)17-12(20-4)18(10)3/h6-7,19H,5H2,1-4H3. The molecule has 2 heterocycles. The summed E-state index contributed by atoms with van der Waals surface area (Å²) in [6.45, 7) is 3.65. The lowest BCUT2D eigenvalue weighted by Crippen LogP contribution is -2.28. The summed E-state index contributed by atoms with van der Waals surface area (Å²) in [5.74, 6) is 0. The van der Waals surface area contributed by atoms with Crippen LogP contribution in [0.25, 0.3) is 0 Å². The number of imidazole rings is 1. The predicted molar refractivity (Wildman–Crippen MR) is 82.7 cm³/mol. The molecule has 1 atom stereocenters. The summed E-state index contributed by atoms with van der Waals surface area (Å²) < 4.78 is 2.56. The lowest BCUT2D eigenvalue weighted by Gasteiger charge is -2.24. The lowest BCUT2D eigenvalue weighted by atomic mass is 9.96. The van der Waals surface area contributed by atoms with Gasteiger partial charge in [0.25, 0.3) is 0 Å². The summed E-state index contributed by atoms with van der Waals surface area (Å²) in [6, 6.07) is 0. The van der Waals surface area contributed by atoms with Crippen molar-refractivity contribution in [3.05, 3.63) is 34.1 Å². The quantitative estimate of drug-likeness (QED) is 0.852. The molecule has 108 valence electrons. The third-order valence-corrected chi connectivity index (χ3v) is 4.35. The van der Waals surface area contributed by atoms with Gasteiger partial charge in [-0.3, -0.25) is 9.97 Å². The van der Waals surface area contributed by atoms with Gasteiger partial charge in [-0.05, 0) is 36.0 Å². The normalized spacial score (nSPS) is 14.3. The Morgan fingerprint density at radius 3 is 2.60 bits per heavy atom. The van der Waals surface area contributed by atoms with Crippen LogP contribution >= 0.6 is 27.7 Å². The second-order valence-electron chi connectivity index (χ2n) is 4.90. The van der Waals surface area contributed by atoms with Crippen molar-refractivity contribution in [3.8, 4) is 0 Å². The van der Waals surface area contributed by atoms with Crippen LogP contribution in [0.2, 0.25) is 0 Å². The summed E-state index contributed by atoms with van der Waals surface area (Å²) in [5, 5.41) is 11.7. The van der Waals surface area contributed by atoms with E-state index >= 15 is 0 Å². The van der Waals surface area contributed by atoms with Gasteiger partial charge in [0, 0.05) is 25.9 Å². The Morgan fingerprint density at radius 1 is 1.40 bits per heavy atom. The molecule has 2 rings (SSSR count). The smallest absolute Gasteiger partial charge is 0.168 e. The Morgan fingerprint density at radius 2 is 2.10 bits per heavy atom. The monoisotopic (exact) mass is 356 g/mol. The van der Waals surface area contributed by atoms with Crippen LogP contribution < -0.4 is 0 Å². The Kier molecular flexibility index (Phi) is 4.51. The zero-order valence-corrected chi connectivity index (χ0v) is 14.3. The number of rotatable bonds is 4. The minimum atomic E-state index is -1.07. The van der Waals surface area contributed by atoms with Crippen molar-refractivity contribution in [1.29, 1.82) is 0 Å². The molecule has 0 saturated carbocycles. The highest BCUT2D eigenvalue weighted by molar-refractivity contribution is 9.10. The lowest BCUT2D eigenvalue weighted by molar-refractivity contribution is 0.0475. The third kappa shape index (κ3) is 3.05. The molecule has 0 radical (unpaired) electrons. The second kappa shape index (κ2) is 5.83. The summed E-state index contributed by atoms with van der Waals surface area (Å²) in [7, 11) is 1.90. The highest BCUT2D eigenvalue weighted by Gasteiger charge is 2.32. The zero-order chi connectivity index (χ0) is 14.9. The SMILES string of the molecule is CSc1nc(Br)c(C(C)(O)Cc2cnc(C)cn2)n1C. The minimum absolute atomic E-state index is 0.381. The van der Waals surface area contributed by atoms with Crippen molar-refractivity contribution in [2.24, 2.45) is 7.05 Å². The first-order valence-electron chi connectivity index (χ1n) is 6.11. The molecule has 0 aliphatic rings. The molecule has 0 amide bonds. The summed E-state index contributed by atoms with van der Waals surface area (Å²) in [5.41, 5.74) is 1.28. The number of hydrogen-bond donors (Lipinski definition) is 1. The molecule has 1 unspecified atom stereocenters. The van der Waals surface area contributed by atoms with Gasteiger partial charge in [0.2, 0.25) is 0 Å². The van der Waals surface area contributed by atoms with E-state index in [1.165, 1.54) is 11.8 Å². The summed E-state index contributed by atoms with van der Waals surface area (Å²) in [6.07, 6.45) is 5.74. The van der Waals surface area contributed by atoms with Gasteiger partial charge in [-0.15, -0.1) is 0 Å². The fourth-order valence-electron chi connectivity index (χ4n) is 2.16. The van der Waals surface area contributed by atoms with E-state index in [0.717, 1.165) is 22.2 Å². The van der Waals surface area contributed by atoms with Crippen LogP contribution in [0.5, 0.6) is 0 Å². The molecule has 5 nitrogen and oxygen atoms in total. The molecule has 0 aliphatic heterocycles. The van der Waals surface area contributed by atoms with Crippen molar-refractivity contribution < 1.29 is 5.11 Å². The van der Waals surface area contributed by atoms with E-state index in [1.54, 1.807) is 19.3 Å². The van der Waals surface area contributed by atoms with Crippen LogP contribution in [0.1, 0.15) is 24.0 Å². The summed E-state index contributed by atoms with van der Waals surface area (Å²) >= 11 is 4.97. The molecule has 2 aromatic rings. The van der Waals surface area contributed by atoms with E-state index in [4.69, 9.17) is 0 Å². The number of thioether (sulfide) groups is 1. The average Bonchev–Trinajstić information content (AvgIpc) is 2.67. The van der Waals surface area contributed by atoms with Gasteiger partial charge >= 0.3 is 0 Å². The first-order chi connectivity index (χ1) is 9.35. The molecule has 0 aliphatic carbocycles. The number of aliphatic hydroxyl groups is 1. The molecule has 0 saturated heterocycles. The Bertz CT molecular complexity index is 610. The van der Waals surface area contributed by atoms with Crippen molar-refractivity contribution >= 4 is 27.7 Å². The Labute approximate surface area is 131 Å². The predicted octanol–water partition coefficient (Wildman–Crippen LogP) is 2.45. The number of halogens is 1. The van der Waals surface area contributed by atoms with Gasteiger partial charge in [0.05, 0.1) is 17.1 Å². The highest BCUT2D eigenvalue weighted by atomic mass is 79.9. The van der Waals surface area contributed by atoms with Crippen LogP contribution in [-0.2, 0) is 19.1 Å². The molecule has 0 spiro atoms. The minimum Gasteiger partial charge on any atom is -0.383 e. The molecule has 2 aromatic heterocycles. The van der Waals surface area contributed by atoms with Crippen molar-refractivity contribution in [2.75, 3.05) is 6.26 Å². The fraction of sp³-hybridized carbons (Fsp3) is 0.462. The highest BCUT2D eigenvalue weighted by Crippen LogP contribution is 2.33. The van der Waals surface area contributed by atoms with E-state index in [-0.39, 0.29) is 0 Å². The number of nitrogens with zero attached hydrogens (tertiary/aromatic N) is 4. The topological polar surface area (TPSA) is 63.8 Å². The molecule has 1 N–H and O–H groups in total. The molecular formula is C13H17BrN4OS. The van der Waals surface area contributed by atoms with Crippen LogP contribution in [0.3, 0.4) is 0 Å².